The lowest BCUT2D eigenvalue weighted by Gasteiger charge is -2.19. The third kappa shape index (κ3) is 3.61. The fraction of sp³-hybridized carbons (Fsp3) is 0.385. The summed E-state index contributed by atoms with van der Waals surface area (Å²) in [5, 5.41) is 11.1. The minimum atomic E-state index is 0.543. The number of hydrogen-bond donors (Lipinski definition) is 1. The van der Waals surface area contributed by atoms with Gasteiger partial charge in [0.05, 0.1) is 6.20 Å². The number of rotatable bonds is 6. The molecule has 19 heavy (non-hydrogen) atoms. The van der Waals surface area contributed by atoms with E-state index in [1.54, 1.807) is 18.6 Å². The van der Waals surface area contributed by atoms with Gasteiger partial charge in [-0.15, -0.1) is 5.10 Å². The van der Waals surface area contributed by atoms with Crippen LogP contribution in [0.15, 0.2) is 30.7 Å². The summed E-state index contributed by atoms with van der Waals surface area (Å²) < 4.78 is 0. The molecule has 0 saturated carbocycles. The summed E-state index contributed by atoms with van der Waals surface area (Å²) in [7, 11) is 0. The van der Waals surface area contributed by atoms with E-state index in [9.17, 15) is 0 Å². The molecule has 0 saturated heterocycles. The highest BCUT2D eigenvalue weighted by atomic mass is 15.3. The van der Waals surface area contributed by atoms with E-state index < -0.39 is 0 Å². The zero-order valence-electron chi connectivity index (χ0n) is 11.2. The molecule has 0 amide bonds. The molecule has 100 valence electrons. The maximum Gasteiger partial charge on any atom is 0.244 e. The zero-order chi connectivity index (χ0) is 13.5. The Kier molecular flexibility index (Phi) is 4.60. The van der Waals surface area contributed by atoms with E-state index in [0.717, 1.165) is 24.5 Å². The van der Waals surface area contributed by atoms with Gasteiger partial charge in [0.25, 0.3) is 0 Å². The molecule has 0 spiro atoms. The molecule has 0 radical (unpaired) electrons. The summed E-state index contributed by atoms with van der Waals surface area (Å²) in [6.45, 7) is 6.65. The summed E-state index contributed by atoms with van der Waals surface area (Å²) >= 11 is 0. The van der Waals surface area contributed by atoms with Crippen LogP contribution in [0.4, 0.5) is 11.8 Å². The number of aromatic nitrogens is 4. The second-order valence-electron chi connectivity index (χ2n) is 4.02. The van der Waals surface area contributed by atoms with Crippen LogP contribution in [-0.4, -0.2) is 33.3 Å². The number of anilines is 2. The van der Waals surface area contributed by atoms with Crippen LogP contribution in [0.3, 0.4) is 0 Å². The summed E-state index contributed by atoms with van der Waals surface area (Å²) in [6, 6.07) is 3.91. The second-order valence-corrected chi connectivity index (χ2v) is 4.02. The predicted octanol–water partition coefficient (Wildman–Crippen LogP) is 1.72. The molecular weight excluding hydrogens is 240 g/mol. The Balaban J connectivity index is 2.03. The molecule has 2 aromatic heterocycles. The topological polar surface area (TPSA) is 66.8 Å². The molecule has 6 nitrogen and oxygen atoms in total. The van der Waals surface area contributed by atoms with Crippen molar-refractivity contribution in [1.82, 2.24) is 20.2 Å². The molecule has 0 aliphatic carbocycles. The maximum absolute atomic E-state index is 4.46. The van der Waals surface area contributed by atoms with Crippen LogP contribution < -0.4 is 10.2 Å². The highest BCUT2D eigenvalue weighted by Gasteiger charge is 2.05. The van der Waals surface area contributed by atoms with E-state index in [0.29, 0.717) is 12.5 Å². The first-order valence-corrected chi connectivity index (χ1v) is 6.41. The lowest BCUT2D eigenvalue weighted by Crippen LogP contribution is -2.23. The van der Waals surface area contributed by atoms with Crippen molar-refractivity contribution >= 4 is 11.8 Å². The van der Waals surface area contributed by atoms with Crippen LogP contribution in [-0.2, 0) is 6.54 Å². The van der Waals surface area contributed by atoms with E-state index in [1.165, 1.54) is 0 Å². The molecule has 6 heteroatoms. The van der Waals surface area contributed by atoms with E-state index in [4.69, 9.17) is 0 Å². The minimum Gasteiger partial charge on any atom is -0.356 e. The molecule has 0 aromatic carbocycles. The lowest BCUT2D eigenvalue weighted by atomic mass is 10.3. The van der Waals surface area contributed by atoms with Crippen LogP contribution in [0.25, 0.3) is 0 Å². The summed E-state index contributed by atoms with van der Waals surface area (Å²) in [5.41, 5.74) is 1.13. The van der Waals surface area contributed by atoms with Crippen molar-refractivity contribution in [3.63, 3.8) is 0 Å². The lowest BCUT2D eigenvalue weighted by molar-refractivity contribution is 0.822. The number of nitrogens with zero attached hydrogens (tertiary/aromatic N) is 5. The summed E-state index contributed by atoms with van der Waals surface area (Å²) in [6.07, 6.45) is 5.22. The van der Waals surface area contributed by atoms with Gasteiger partial charge in [-0.25, -0.2) is 0 Å². The standard InChI is InChI=1S/C13H18N6/c1-3-19(4-2)12-10-16-18-13(17-12)15-9-11-5-7-14-8-6-11/h5-8,10H,3-4,9H2,1-2H3,(H,15,17,18). The second kappa shape index (κ2) is 6.63. The van der Waals surface area contributed by atoms with Gasteiger partial charge < -0.3 is 10.2 Å². The molecule has 0 unspecified atom stereocenters. The van der Waals surface area contributed by atoms with Crippen LogP contribution in [0.5, 0.6) is 0 Å². The predicted molar refractivity (Wildman–Crippen MR) is 75.0 cm³/mol. The number of hydrogen-bond acceptors (Lipinski definition) is 6. The van der Waals surface area contributed by atoms with Crippen molar-refractivity contribution in [2.24, 2.45) is 0 Å². The quantitative estimate of drug-likeness (QED) is 0.851. The number of nitrogens with one attached hydrogen (secondary N) is 1. The first-order valence-electron chi connectivity index (χ1n) is 6.41. The van der Waals surface area contributed by atoms with Gasteiger partial charge in [0.2, 0.25) is 5.95 Å². The average molecular weight is 258 g/mol. The third-order valence-electron chi connectivity index (χ3n) is 2.83. The minimum absolute atomic E-state index is 0.543. The summed E-state index contributed by atoms with van der Waals surface area (Å²) in [5.74, 6) is 1.39. The third-order valence-corrected chi connectivity index (χ3v) is 2.83. The Morgan fingerprint density at radius 2 is 1.89 bits per heavy atom. The Morgan fingerprint density at radius 1 is 1.16 bits per heavy atom. The molecule has 1 N–H and O–H groups in total. The van der Waals surface area contributed by atoms with Gasteiger partial charge in [0.15, 0.2) is 5.82 Å². The van der Waals surface area contributed by atoms with Gasteiger partial charge in [0.1, 0.15) is 0 Å². The molecular formula is C13H18N6. The zero-order valence-corrected chi connectivity index (χ0v) is 11.2. The van der Waals surface area contributed by atoms with Crippen molar-refractivity contribution in [1.29, 1.82) is 0 Å². The normalized spacial score (nSPS) is 10.2. The Labute approximate surface area is 112 Å². The van der Waals surface area contributed by atoms with Gasteiger partial charge in [-0.1, -0.05) is 0 Å². The van der Waals surface area contributed by atoms with Gasteiger partial charge in [-0.2, -0.15) is 10.1 Å². The maximum atomic E-state index is 4.46. The average Bonchev–Trinajstić information content (AvgIpc) is 2.48. The molecule has 0 bridgehead atoms. The van der Waals surface area contributed by atoms with Crippen LogP contribution in [0.1, 0.15) is 19.4 Å². The van der Waals surface area contributed by atoms with E-state index in [2.05, 4.69) is 44.2 Å². The Morgan fingerprint density at radius 3 is 2.58 bits per heavy atom. The molecule has 0 atom stereocenters. The molecule has 0 aliphatic rings. The van der Waals surface area contributed by atoms with E-state index in [1.807, 2.05) is 12.1 Å². The fourth-order valence-electron chi connectivity index (χ4n) is 1.75. The van der Waals surface area contributed by atoms with Crippen molar-refractivity contribution < 1.29 is 0 Å². The van der Waals surface area contributed by atoms with Crippen molar-refractivity contribution in [2.45, 2.75) is 20.4 Å². The summed E-state index contributed by atoms with van der Waals surface area (Å²) in [4.78, 5) is 10.6. The highest BCUT2D eigenvalue weighted by Crippen LogP contribution is 2.10. The van der Waals surface area contributed by atoms with Crippen LogP contribution >= 0.6 is 0 Å². The van der Waals surface area contributed by atoms with Crippen LogP contribution in [0.2, 0.25) is 0 Å². The molecule has 0 aliphatic heterocycles. The molecule has 0 fully saturated rings. The first kappa shape index (κ1) is 13.2. The van der Waals surface area contributed by atoms with Gasteiger partial charge >= 0.3 is 0 Å². The number of pyridine rings is 1. The largest absolute Gasteiger partial charge is 0.356 e. The highest BCUT2D eigenvalue weighted by molar-refractivity contribution is 5.40. The molecule has 2 rings (SSSR count). The van der Waals surface area contributed by atoms with Gasteiger partial charge in [0, 0.05) is 32.0 Å². The van der Waals surface area contributed by atoms with Gasteiger partial charge in [-0.05, 0) is 31.5 Å². The fourth-order valence-corrected chi connectivity index (χ4v) is 1.75. The van der Waals surface area contributed by atoms with Crippen molar-refractivity contribution in [3.05, 3.63) is 36.3 Å². The van der Waals surface area contributed by atoms with E-state index >= 15 is 0 Å². The van der Waals surface area contributed by atoms with E-state index in [-0.39, 0.29) is 0 Å². The Bertz CT molecular complexity index is 497. The first-order chi connectivity index (χ1) is 9.33. The van der Waals surface area contributed by atoms with Gasteiger partial charge in [-0.3, -0.25) is 4.98 Å². The van der Waals surface area contributed by atoms with Crippen LogP contribution in [0, 0.1) is 0 Å². The Hall–Kier alpha value is -2.24. The molecule has 2 heterocycles. The van der Waals surface area contributed by atoms with Crippen molar-refractivity contribution in [2.75, 3.05) is 23.3 Å². The smallest absolute Gasteiger partial charge is 0.244 e. The SMILES string of the molecule is CCN(CC)c1cnnc(NCc2ccncc2)n1. The molecule has 2 aromatic rings. The van der Waals surface area contributed by atoms with Crippen molar-refractivity contribution in [3.8, 4) is 0 Å². The monoisotopic (exact) mass is 258 g/mol.